The van der Waals surface area contributed by atoms with Gasteiger partial charge in [-0.15, -0.1) is 0 Å². The summed E-state index contributed by atoms with van der Waals surface area (Å²) in [7, 11) is 0. The van der Waals surface area contributed by atoms with E-state index in [1.807, 2.05) is 0 Å². The van der Waals surface area contributed by atoms with Crippen LogP contribution in [0.2, 0.25) is 0 Å². The third-order valence-electron chi connectivity index (χ3n) is 3.43. The number of hydrogen-bond donors (Lipinski definition) is 0. The Morgan fingerprint density at radius 1 is 1.65 bits per heavy atom. The smallest absolute Gasteiger partial charge is 0.347 e. The maximum absolute atomic E-state index is 14.1. The molecule has 2 bridgehead atoms. The predicted octanol–water partition coefficient (Wildman–Crippen LogP) is 0.279. The lowest BCUT2D eigenvalue weighted by atomic mass is 9.85. The summed E-state index contributed by atoms with van der Waals surface area (Å²) in [5.41, 5.74) is -1.81. The Morgan fingerprint density at radius 3 is 3.00 bits per heavy atom. The highest BCUT2D eigenvalue weighted by molar-refractivity contribution is 5.88. The molecule has 0 aliphatic carbocycles. The molecule has 0 saturated carbocycles. The first kappa shape index (κ1) is 10.7. The Bertz CT molecular complexity index is 434. The lowest BCUT2D eigenvalue weighted by molar-refractivity contribution is -0.158. The summed E-state index contributed by atoms with van der Waals surface area (Å²) in [5, 5.41) is 0. The average molecular weight is 242 g/mol. The van der Waals surface area contributed by atoms with Gasteiger partial charge in [0.15, 0.2) is 12.2 Å². The quantitative estimate of drug-likeness (QED) is 0.514. The molecule has 6 heteroatoms. The Hall–Kier alpha value is -1.43. The highest BCUT2D eigenvalue weighted by atomic mass is 19.1. The van der Waals surface area contributed by atoms with Gasteiger partial charge in [0.2, 0.25) is 5.67 Å². The largest absolute Gasteiger partial charge is 0.453 e. The minimum atomic E-state index is -2.05. The van der Waals surface area contributed by atoms with Crippen LogP contribution < -0.4 is 0 Å². The van der Waals surface area contributed by atoms with E-state index in [-0.39, 0.29) is 12.0 Å². The van der Waals surface area contributed by atoms with Crippen molar-refractivity contribution in [2.45, 2.75) is 43.4 Å². The molecule has 5 nitrogen and oxygen atoms in total. The Labute approximate surface area is 96.5 Å². The number of carbonyl (C=O) groups is 2. The van der Waals surface area contributed by atoms with Crippen molar-refractivity contribution in [3.05, 3.63) is 12.2 Å². The first-order valence-electron chi connectivity index (χ1n) is 5.35. The van der Waals surface area contributed by atoms with E-state index in [1.54, 1.807) is 0 Å². The van der Waals surface area contributed by atoms with Crippen LogP contribution in [-0.4, -0.2) is 42.0 Å². The summed E-state index contributed by atoms with van der Waals surface area (Å²) >= 11 is 0. The standard InChI is InChI=1S/C11H11FO5/c1-4(2)9(13)16-6-5-3-11(12)8(15-5)7(6)17-10(11)14/h5-8H,1,3H2,2H3. The maximum atomic E-state index is 14.1. The van der Waals surface area contributed by atoms with Crippen LogP contribution in [0.4, 0.5) is 4.39 Å². The third-order valence-corrected chi connectivity index (χ3v) is 3.43. The van der Waals surface area contributed by atoms with Gasteiger partial charge in [-0.1, -0.05) is 6.58 Å². The Balaban J connectivity index is 1.82. The number of carbonyl (C=O) groups excluding carboxylic acids is 2. The van der Waals surface area contributed by atoms with Crippen LogP contribution in [0.25, 0.3) is 0 Å². The fraction of sp³-hybridized carbons (Fsp3) is 0.636. The molecule has 3 rings (SSSR count). The van der Waals surface area contributed by atoms with Crippen LogP contribution in [0.1, 0.15) is 13.3 Å². The highest BCUT2D eigenvalue weighted by Crippen LogP contribution is 2.52. The molecule has 0 spiro atoms. The molecule has 3 heterocycles. The lowest BCUT2D eigenvalue weighted by Crippen LogP contribution is -2.46. The van der Waals surface area contributed by atoms with E-state index in [1.165, 1.54) is 6.92 Å². The van der Waals surface area contributed by atoms with E-state index in [4.69, 9.17) is 14.2 Å². The summed E-state index contributed by atoms with van der Waals surface area (Å²) in [6, 6.07) is 0. The molecule has 0 radical (unpaired) electrons. The van der Waals surface area contributed by atoms with Gasteiger partial charge in [-0.3, -0.25) is 0 Å². The SMILES string of the molecule is C=C(C)C(=O)OC1C2CC3(F)C(=O)OC1C3O2. The summed E-state index contributed by atoms with van der Waals surface area (Å²) in [5.74, 6) is -1.50. The number of esters is 2. The fourth-order valence-electron chi connectivity index (χ4n) is 2.59. The van der Waals surface area contributed by atoms with Crippen LogP contribution in [0.15, 0.2) is 12.2 Å². The van der Waals surface area contributed by atoms with Crippen molar-refractivity contribution in [1.29, 1.82) is 0 Å². The second kappa shape index (κ2) is 3.07. The van der Waals surface area contributed by atoms with Gasteiger partial charge < -0.3 is 14.2 Å². The Morgan fingerprint density at radius 2 is 2.35 bits per heavy atom. The van der Waals surface area contributed by atoms with Crippen LogP contribution in [0.3, 0.4) is 0 Å². The van der Waals surface area contributed by atoms with Crippen molar-refractivity contribution in [2.24, 2.45) is 0 Å². The molecule has 0 amide bonds. The molecule has 3 aliphatic rings. The van der Waals surface area contributed by atoms with Crippen molar-refractivity contribution in [3.8, 4) is 0 Å². The molecule has 3 saturated heterocycles. The van der Waals surface area contributed by atoms with Crippen molar-refractivity contribution < 1.29 is 28.2 Å². The van der Waals surface area contributed by atoms with Crippen molar-refractivity contribution >= 4 is 11.9 Å². The summed E-state index contributed by atoms with van der Waals surface area (Å²) in [6.07, 6.45) is -3.21. The van der Waals surface area contributed by atoms with Gasteiger partial charge in [0.05, 0.1) is 0 Å². The number of alkyl halides is 1. The topological polar surface area (TPSA) is 61.8 Å². The number of rotatable bonds is 2. The first-order chi connectivity index (χ1) is 7.93. The van der Waals surface area contributed by atoms with Crippen LogP contribution in [0.5, 0.6) is 0 Å². The monoisotopic (exact) mass is 242 g/mol. The molecule has 0 aromatic heterocycles. The van der Waals surface area contributed by atoms with Crippen molar-refractivity contribution in [3.63, 3.8) is 0 Å². The number of fused-ring (bicyclic) bond motifs is 1. The number of ether oxygens (including phenoxy) is 3. The van der Waals surface area contributed by atoms with E-state index in [0.717, 1.165) is 0 Å². The second-order valence-electron chi connectivity index (χ2n) is 4.68. The summed E-state index contributed by atoms with van der Waals surface area (Å²) < 4.78 is 29.4. The van der Waals surface area contributed by atoms with Gasteiger partial charge >= 0.3 is 11.9 Å². The van der Waals surface area contributed by atoms with Gasteiger partial charge in [0.1, 0.15) is 12.2 Å². The molecule has 5 atom stereocenters. The fourth-order valence-corrected chi connectivity index (χ4v) is 2.59. The van der Waals surface area contributed by atoms with Gasteiger partial charge in [-0.2, -0.15) is 0 Å². The van der Waals surface area contributed by atoms with E-state index >= 15 is 0 Å². The zero-order valence-electron chi connectivity index (χ0n) is 9.14. The van der Waals surface area contributed by atoms with Gasteiger partial charge in [0.25, 0.3) is 0 Å². The highest BCUT2D eigenvalue weighted by Gasteiger charge is 2.74. The molecule has 5 unspecified atom stereocenters. The van der Waals surface area contributed by atoms with Gasteiger partial charge in [0, 0.05) is 12.0 Å². The van der Waals surface area contributed by atoms with E-state index < -0.39 is 42.0 Å². The molecule has 3 fully saturated rings. The zero-order chi connectivity index (χ0) is 12.4. The third kappa shape index (κ3) is 1.21. The van der Waals surface area contributed by atoms with E-state index in [2.05, 4.69) is 6.58 Å². The van der Waals surface area contributed by atoms with E-state index in [0.29, 0.717) is 0 Å². The lowest BCUT2D eigenvalue weighted by Gasteiger charge is -2.23. The van der Waals surface area contributed by atoms with Gasteiger partial charge in [-0.05, 0) is 6.92 Å². The molecular weight excluding hydrogens is 231 g/mol. The van der Waals surface area contributed by atoms with Crippen LogP contribution in [-0.2, 0) is 23.8 Å². The molecule has 0 aromatic carbocycles. The zero-order valence-corrected chi connectivity index (χ0v) is 9.14. The minimum Gasteiger partial charge on any atom is -0.453 e. The Kier molecular flexibility index (Phi) is 1.93. The van der Waals surface area contributed by atoms with E-state index in [9.17, 15) is 14.0 Å². The average Bonchev–Trinajstić information content (AvgIpc) is 2.79. The molecule has 0 aromatic rings. The maximum Gasteiger partial charge on any atom is 0.347 e. The number of halogens is 1. The first-order valence-corrected chi connectivity index (χ1v) is 5.35. The van der Waals surface area contributed by atoms with Crippen LogP contribution >= 0.6 is 0 Å². The normalized spacial score (nSPS) is 45.9. The summed E-state index contributed by atoms with van der Waals surface area (Å²) in [4.78, 5) is 22.7. The molecule has 17 heavy (non-hydrogen) atoms. The summed E-state index contributed by atoms with van der Waals surface area (Å²) in [6.45, 7) is 4.96. The minimum absolute atomic E-state index is 0.110. The number of hydrogen-bond acceptors (Lipinski definition) is 5. The molecule has 3 aliphatic heterocycles. The molecular formula is C11H11FO5. The molecule has 0 N–H and O–H groups in total. The van der Waals surface area contributed by atoms with Crippen molar-refractivity contribution in [1.82, 2.24) is 0 Å². The molecule has 92 valence electrons. The second-order valence-corrected chi connectivity index (χ2v) is 4.68. The van der Waals surface area contributed by atoms with Crippen LogP contribution in [0, 0.1) is 0 Å². The predicted molar refractivity (Wildman–Crippen MR) is 51.7 cm³/mol. The van der Waals surface area contributed by atoms with Gasteiger partial charge in [-0.25, -0.2) is 14.0 Å². The van der Waals surface area contributed by atoms with Crippen molar-refractivity contribution in [2.75, 3.05) is 0 Å².